The van der Waals surface area contributed by atoms with Crippen molar-refractivity contribution in [2.24, 2.45) is 0 Å². The summed E-state index contributed by atoms with van der Waals surface area (Å²) in [6.07, 6.45) is 0.368. The molecule has 0 bridgehead atoms. The third-order valence-corrected chi connectivity index (χ3v) is 1.31. The van der Waals surface area contributed by atoms with Crippen LogP contribution >= 0.6 is 0 Å². The second-order valence-corrected chi connectivity index (χ2v) is 2.53. The molecule has 0 aromatic heterocycles. The molecule has 0 spiro atoms. The zero-order chi connectivity index (χ0) is 10.8. The Bertz CT molecular complexity index is 178. The molecule has 0 heterocycles. The van der Waals surface area contributed by atoms with Crippen molar-refractivity contribution in [3.05, 3.63) is 0 Å². The van der Waals surface area contributed by atoms with Gasteiger partial charge in [-0.15, -0.1) is 0 Å². The second kappa shape index (κ2) is 8.50. The SMILES string of the molecule is CCC(=O)OCCOCCOC(C)=O. The largest absolute Gasteiger partial charge is 0.463 e. The van der Waals surface area contributed by atoms with E-state index < -0.39 is 0 Å². The highest BCUT2D eigenvalue weighted by atomic mass is 16.6. The zero-order valence-electron chi connectivity index (χ0n) is 8.58. The van der Waals surface area contributed by atoms with E-state index in [1.54, 1.807) is 6.92 Å². The van der Waals surface area contributed by atoms with Crippen molar-refractivity contribution in [2.75, 3.05) is 26.4 Å². The van der Waals surface area contributed by atoms with Crippen LogP contribution in [-0.2, 0) is 23.8 Å². The highest BCUT2D eigenvalue weighted by Crippen LogP contribution is 1.85. The van der Waals surface area contributed by atoms with E-state index in [0.717, 1.165) is 0 Å². The van der Waals surface area contributed by atoms with Gasteiger partial charge in [0.15, 0.2) is 0 Å². The summed E-state index contributed by atoms with van der Waals surface area (Å²) in [5.74, 6) is -0.570. The van der Waals surface area contributed by atoms with Crippen molar-refractivity contribution in [1.29, 1.82) is 0 Å². The standard InChI is InChI=1S/C9H16O5/c1-3-9(11)14-7-5-12-4-6-13-8(2)10/h3-7H2,1-2H3. The number of carbonyl (C=O) groups is 2. The molecule has 0 unspecified atom stereocenters. The molecular weight excluding hydrogens is 188 g/mol. The normalized spacial score (nSPS) is 9.57. The Morgan fingerprint density at radius 2 is 1.57 bits per heavy atom. The van der Waals surface area contributed by atoms with Gasteiger partial charge < -0.3 is 14.2 Å². The van der Waals surface area contributed by atoms with Gasteiger partial charge in [-0.1, -0.05) is 6.92 Å². The van der Waals surface area contributed by atoms with Gasteiger partial charge in [-0.25, -0.2) is 0 Å². The van der Waals surface area contributed by atoms with Gasteiger partial charge in [-0.3, -0.25) is 9.59 Å². The third kappa shape index (κ3) is 8.99. The van der Waals surface area contributed by atoms with E-state index in [0.29, 0.717) is 19.6 Å². The summed E-state index contributed by atoms with van der Waals surface area (Å²) < 4.78 is 14.4. The maximum atomic E-state index is 10.6. The fraction of sp³-hybridized carbons (Fsp3) is 0.778. The molecule has 0 atom stereocenters. The van der Waals surface area contributed by atoms with Crippen LogP contribution in [0, 0.1) is 0 Å². The quantitative estimate of drug-likeness (QED) is 0.447. The van der Waals surface area contributed by atoms with Crippen LogP contribution in [0.5, 0.6) is 0 Å². The fourth-order valence-corrected chi connectivity index (χ4v) is 0.663. The Kier molecular flexibility index (Phi) is 7.83. The summed E-state index contributed by atoms with van der Waals surface area (Å²) in [5.41, 5.74) is 0. The predicted octanol–water partition coefficient (Wildman–Crippen LogP) is 0.519. The van der Waals surface area contributed by atoms with Crippen molar-refractivity contribution in [1.82, 2.24) is 0 Å². The van der Waals surface area contributed by atoms with Gasteiger partial charge in [0, 0.05) is 13.3 Å². The molecule has 0 saturated heterocycles. The van der Waals surface area contributed by atoms with Gasteiger partial charge in [0.25, 0.3) is 0 Å². The molecule has 82 valence electrons. The van der Waals surface area contributed by atoms with Gasteiger partial charge in [0.05, 0.1) is 13.2 Å². The molecule has 0 N–H and O–H groups in total. The number of rotatable bonds is 7. The second-order valence-electron chi connectivity index (χ2n) is 2.53. The first-order valence-electron chi connectivity index (χ1n) is 4.53. The number of esters is 2. The molecule has 0 rings (SSSR count). The summed E-state index contributed by atoms with van der Waals surface area (Å²) in [4.78, 5) is 21.0. The van der Waals surface area contributed by atoms with Crippen LogP contribution in [0.3, 0.4) is 0 Å². The maximum Gasteiger partial charge on any atom is 0.305 e. The molecule has 0 aliphatic carbocycles. The van der Waals surface area contributed by atoms with Gasteiger partial charge in [0.2, 0.25) is 0 Å². The minimum atomic E-state index is -0.328. The summed E-state index contributed by atoms with van der Waals surface area (Å²) in [7, 11) is 0. The minimum Gasteiger partial charge on any atom is -0.463 e. The summed E-state index contributed by atoms with van der Waals surface area (Å²) in [6, 6.07) is 0. The molecular formula is C9H16O5. The molecule has 0 aromatic carbocycles. The van der Waals surface area contributed by atoms with Crippen LogP contribution in [0.15, 0.2) is 0 Å². The van der Waals surface area contributed by atoms with E-state index in [4.69, 9.17) is 9.47 Å². The van der Waals surface area contributed by atoms with Crippen LogP contribution < -0.4 is 0 Å². The molecule has 0 aliphatic rings. The molecule has 5 heteroatoms. The van der Waals surface area contributed by atoms with Crippen LogP contribution in [0.4, 0.5) is 0 Å². The smallest absolute Gasteiger partial charge is 0.305 e. The highest BCUT2D eigenvalue weighted by molar-refractivity contribution is 5.68. The lowest BCUT2D eigenvalue weighted by Crippen LogP contribution is -2.13. The van der Waals surface area contributed by atoms with Gasteiger partial charge in [0.1, 0.15) is 13.2 Å². The number of hydrogen-bond donors (Lipinski definition) is 0. The number of hydrogen-bond acceptors (Lipinski definition) is 5. The Morgan fingerprint density at radius 1 is 1.00 bits per heavy atom. The lowest BCUT2D eigenvalue weighted by atomic mass is 10.5. The Balaban J connectivity index is 3.06. The maximum absolute atomic E-state index is 10.6. The topological polar surface area (TPSA) is 61.8 Å². The van der Waals surface area contributed by atoms with Crippen LogP contribution in [-0.4, -0.2) is 38.4 Å². The molecule has 0 aromatic rings. The van der Waals surface area contributed by atoms with E-state index in [1.807, 2.05) is 0 Å². The van der Waals surface area contributed by atoms with Crippen LogP contribution in [0.25, 0.3) is 0 Å². The summed E-state index contributed by atoms with van der Waals surface area (Å²) in [5, 5.41) is 0. The van der Waals surface area contributed by atoms with E-state index >= 15 is 0 Å². The molecule has 0 aliphatic heterocycles. The first-order valence-corrected chi connectivity index (χ1v) is 4.53. The lowest BCUT2D eigenvalue weighted by Gasteiger charge is -2.05. The summed E-state index contributed by atoms with van der Waals surface area (Å²) >= 11 is 0. The summed E-state index contributed by atoms with van der Waals surface area (Å²) in [6.45, 7) is 4.19. The minimum absolute atomic E-state index is 0.233. The molecule has 0 radical (unpaired) electrons. The molecule has 0 saturated carbocycles. The van der Waals surface area contributed by atoms with Crippen LogP contribution in [0.2, 0.25) is 0 Å². The van der Waals surface area contributed by atoms with Crippen molar-refractivity contribution in [3.8, 4) is 0 Å². The first kappa shape index (κ1) is 12.9. The van der Waals surface area contributed by atoms with E-state index in [9.17, 15) is 9.59 Å². The zero-order valence-corrected chi connectivity index (χ0v) is 8.58. The predicted molar refractivity (Wildman–Crippen MR) is 48.7 cm³/mol. The fourth-order valence-electron chi connectivity index (χ4n) is 0.663. The number of carbonyl (C=O) groups excluding carboxylic acids is 2. The average Bonchev–Trinajstić information content (AvgIpc) is 2.15. The monoisotopic (exact) mass is 204 g/mol. The Morgan fingerprint density at radius 3 is 2.07 bits per heavy atom. The van der Waals surface area contributed by atoms with Gasteiger partial charge in [-0.2, -0.15) is 0 Å². The highest BCUT2D eigenvalue weighted by Gasteiger charge is 1.97. The average molecular weight is 204 g/mol. The number of ether oxygens (including phenoxy) is 3. The van der Waals surface area contributed by atoms with Gasteiger partial charge >= 0.3 is 11.9 Å². The molecule has 0 amide bonds. The Labute approximate surface area is 83.3 Å². The van der Waals surface area contributed by atoms with E-state index in [1.165, 1.54) is 6.92 Å². The molecule has 5 nitrogen and oxygen atoms in total. The van der Waals surface area contributed by atoms with Crippen LogP contribution in [0.1, 0.15) is 20.3 Å². The lowest BCUT2D eigenvalue weighted by molar-refractivity contribution is -0.145. The van der Waals surface area contributed by atoms with Crippen molar-refractivity contribution in [3.63, 3.8) is 0 Å². The first-order chi connectivity index (χ1) is 6.66. The van der Waals surface area contributed by atoms with Crippen molar-refractivity contribution in [2.45, 2.75) is 20.3 Å². The third-order valence-electron chi connectivity index (χ3n) is 1.31. The molecule has 14 heavy (non-hydrogen) atoms. The Hall–Kier alpha value is -1.10. The van der Waals surface area contributed by atoms with Crippen molar-refractivity contribution >= 4 is 11.9 Å². The molecule has 0 fully saturated rings. The van der Waals surface area contributed by atoms with E-state index in [-0.39, 0.29) is 25.2 Å². The van der Waals surface area contributed by atoms with Crippen molar-refractivity contribution < 1.29 is 23.8 Å². The van der Waals surface area contributed by atoms with Gasteiger partial charge in [-0.05, 0) is 0 Å². The van der Waals surface area contributed by atoms with E-state index in [2.05, 4.69) is 4.74 Å².